The molecule has 2 aromatic rings. The van der Waals surface area contributed by atoms with E-state index in [2.05, 4.69) is 94.2 Å². The van der Waals surface area contributed by atoms with Crippen LogP contribution in [-0.2, 0) is 5.41 Å². The summed E-state index contributed by atoms with van der Waals surface area (Å²) in [5.74, 6) is 0.599. The molecule has 1 fully saturated rings. The third-order valence-electron chi connectivity index (χ3n) is 8.35. The molecule has 0 bridgehead atoms. The van der Waals surface area contributed by atoms with Crippen LogP contribution in [0.25, 0.3) is 0 Å². The van der Waals surface area contributed by atoms with E-state index >= 15 is 0 Å². The van der Waals surface area contributed by atoms with Gasteiger partial charge in [0, 0.05) is 17.6 Å². The van der Waals surface area contributed by atoms with E-state index in [-0.39, 0.29) is 10.8 Å². The van der Waals surface area contributed by atoms with Gasteiger partial charge in [-0.05, 0) is 59.9 Å². The Labute approximate surface area is 171 Å². The van der Waals surface area contributed by atoms with Crippen LogP contribution in [-0.4, -0.2) is 12.6 Å². The second-order valence-electron chi connectivity index (χ2n) is 9.38. The van der Waals surface area contributed by atoms with E-state index in [4.69, 9.17) is 0 Å². The van der Waals surface area contributed by atoms with Crippen molar-refractivity contribution in [3.63, 3.8) is 0 Å². The zero-order valence-electron chi connectivity index (χ0n) is 18.5. The molecule has 2 heterocycles. The molecule has 4 atom stereocenters. The molecule has 2 heteroatoms. The third kappa shape index (κ3) is 2.68. The molecule has 150 valence electrons. The summed E-state index contributed by atoms with van der Waals surface area (Å²) in [7, 11) is 0. The van der Waals surface area contributed by atoms with Gasteiger partial charge in [-0.15, -0.1) is 0 Å². The molecule has 2 aliphatic rings. The molecule has 4 rings (SSSR count). The van der Waals surface area contributed by atoms with Gasteiger partial charge in [-0.1, -0.05) is 65.8 Å². The first-order chi connectivity index (χ1) is 13.4. The van der Waals surface area contributed by atoms with E-state index in [0.717, 1.165) is 6.42 Å². The lowest BCUT2D eigenvalue weighted by atomic mass is 9.57. The van der Waals surface area contributed by atoms with Gasteiger partial charge < -0.3 is 10.2 Å². The molecular weight excluding hydrogens is 340 g/mol. The van der Waals surface area contributed by atoms with Crippen LogP contribution < -0.4 is 10.2 Å². The van der Waals surface area contributed by atoms with Crippen LogP contribution in [0.4, 0.5) is 17.1 Å². The van der Waals surface area contributed by atoms with Crippen LogP contribution in [0.5, 0.6) is 0 Å². The van der Waals surface area contributed by atoms with Crippen LogP contribution >= 0.6 is 0 Å². The monoisotopic (exact) mass is 376 g/mol. The number of hydrogen-bond acceptors (Lipinski definition) is 2. The van der Waals surface area contributed by atoms with Crippen molar-refractivity contribution in [2.45, 2.75) is 78.2 Å². The van der Waals surface area contributed by atoms with E-state index in [9.17, 15) is 0 Å². The molecule has 0 radical (unpaired) electrons. The second kappa shape index (κ2) is 6.83. The summed E-state index contributed by atoms with van der Waals surface area (Å²) in [4.78, 5) is 2.65. The van der Waals surface area contributed by atoms with Gasteiger partial charge in [0.2, 0.25) is 0 Å². The number of rotatable bonds is 4. The van der Waals surface area contributed by atoms with Crippen molar-refractivity contribution in [3.05, 3.63) is 53.6 Å². The highest BCUT2D eigenvalue weighted by Gasteiger charge is 2.57. The molecule has 2 nitrogen and oxygen atoms in total. The SMILES string of the molecule is CCC(C)c1ccc2c(c1)N1CC1C(C)(CC)C(C)(CC)c1ccccc1N2. The predicted molar refractivity (Wildman–Crippen MR) is 122 cm³/mol. The van der Waals surface area contributed by atoms with Crippen molar-refractivity contribution in [2.24, 2.45) is 5.41 Å². The molecular formula is C26H36N2. The normalized spacial score (nSPS) is 29.4. The Hall–Kier alpha value is -1.96. The Morgan fingerprint density at radius 3 is 2.46 bits per heavy atom. The lowest BCUT2D eigenvalue weighted by Crippen LogP contribution is -2.46. The van der Waals surface area contributed by atoms with Crippen molar-refractivity contribution in [1.29, 1.82) is 0 Å². The summed E-state index contributed by atoms with van der Waals surface area (Å²) in [5.41, 5.74) is 7.19. The maximum atomic E-state index is 3.83. The number of nitrogens with one attached hydrogen (secondary N) is 1. The van der Waals surface area contributed by atoms with Gasteiger partial charge in [0.05, 0.1) is 17.4 Å². The highest BCUT2D eigenvalue weighted by atomic mass is 15.3. The van der Waals surface area contributed by atoms with Gasteiger partial charge >= 0.3 is 0 Å². The summed E-state index contributed by atoms with van der Waals surface area (Å²) in [5, 5.41) is 3.83. The first-order valence-corrected chi connectivity index (χ1v) is 11.2. The lowest BCUT2D eigenvalue weighted by molar-refractivity contribution is 0.140. The van der Waals surface area contributed by atoms with Crippen molar-refractivity contribution < 1.29 is 0 Å². The smallest absolute Gasteiger partial charge is 0.0622 e. The maximum absolute atomic E-state index is 3.83. The van der Waals surface area contributed by atoms with Gasteiger partial charge in [0.15, 0.2) is 0 Å². The zero-order chi connectivity index (χ0) is 20.1. The zero-order valence-corrected chi connectivity index (χ0v) is 18.5. The van der Waals surface area contributed by atoms with Crippen LogP contribution in [0.15, 0.2) is 42.5 Å². The Morgan fingerprint density at radius 2 is 1.79 bits per heavy atom. The number of hydrogen-bond donors (Lipinski definition) is 1. The highest BCUT2D eigenvalue weighted by Crippen LogP contribution is 2.58. The van der Waals surface area contributed by atoms with Crippen molar-refractivity contribution >= 4 is 17.1 Å². The topological polar surface area (TPSA) is 15.0 Å². The summed E-state index contributed by atoms with van der Waals surface area (Å²) in [6.07, 6.45) is 3.52. The van der Waals surface area contributed by atoms with E-state index in [1.54, 1.807) is 0 Å². The number of fused-ring (bicyclic) bond motifs is 4. The number of anilines is 3. The largest absolute Gasteiger partial charge is 0.362 e. The quantitative estimate of drug-likeness (QED) is 0.566. The minimum Gasteiger partial charge on any atom is -0.362 e. The average Bonchev–Trinajstić information content (AvgIpc) is 3.53. The number of nitrogens with zero attached hydrogens (tertiary/aromatic N) is 1. The molecule has 0 amide bonds. The summed E-state index contributed by atoms with van der Waals surface area (Å²) in [6.45, 7) is 15.6. The summed E-state index contributed by atoms with van der Waals surface area (Å²) >= 11 is 0. The summed E-state index contributed by atoms with van der Waals surface area (Å²) in [6, 6.07) is 16.7. The Balaban J connectivity index is 1.92. The Bertz CT molecular complexity index is 872. The van der Waals surface area contributed by atoms with Crippen LogP contribution in [0.3, 0.4) is 0 Å². The molecule has 1 saturated heterocycles. The first-order valence-electron chi connectivity index (χ1n) is 11.2. The third-order valence-corrected chi connectivity index (χ3v) is 8.35. The van der Waals surface area contributed by atoms with Gasteiger partial charge in [-0.3, -0.25) is 0 Å². The fourth-order valence-corrected chi connectivity index (χ4v) is 5.50. The number of para-hydroxylation sites is 1. The van der Waals surface area contributed by atoms with E-state index in [1.807, 2.05) is 0 Å². The Kier molecular flexibility index (Phi) is 4.72. The fraction of sp³-hybridized carbons (Fsp3) is 0.538. The van der Waals surface area contributed by atoms with Crippen molar-refractivity contribution in [3.8, 4) is 0 Å². The highest BCUT2D eigenvalue weighted by molar-refractivity contribution is 5.81. The van der Waals surface area contributed by atoms with Crippen LogP contribution in [0, 0.1) is 5.41 Å². The molecule has 2 aliphatic heterocycles. The average molecular weight is 377 g/mol. The molecule has 4 unspecified atom stereocenters. The maximum Gasteiger partial charge on any atom is 0.0622 e. The number of benzene rings is 2. The van der Waals surface area contributed by atoms with Crippen LogP contribution in [0.1, 0.15) is 77.8 Å². The van der Waals surface area contributed by atoms with E-state index in [1.165, 1.54) is 47.6 Å². The van der Waals surface area contributed by atoms with Crippen LogP contribution in [0.2, 0.25) is 0 Å². The standard InChI is InChI=1S/C26H36N2/c1-7-18(4)19-14-15-22-23(16-19)28-17-24(28)26(6,9-3)25(5,8-2)20-12-10-11-13-21(20)27-22/h10-16,18,24,27H,7-9,17H2,1-6H3. The van der Waals surface area contributed by atoms with Gasteiger partial charge in [0.25, 0.3) is 0 Å². The molecule has 0 aromatic heterocycles. The first kappa shape index (κ1) is 19.4. The minimum atomic E-state index is 0.131. The summed E-state index contributed by atoms with van der Waals surface area (Å²) < 4.78 is 0. The molecule has 0 aliphatic carbocycles. The fourth-order valence-electron chi connectivity index (χ4n) is 5.50. The second-order valence-corrected chi connectivity index (χ2v) is 9.38. The van der Waals surface area contributed by atoms with E-state index < -0.39 is 0 Å². The van der Waals surface area contributed by atoms with Gasteiger partial charge in [-0.2, -0.15) is 0 Å². The minimum absolute atomic E-state index is 0.131. The molecule has 28 heavy (non-hydrogen) atoms. The lowest BCUT2D eigenvalue weighted by Gasteiger charge is -2.47. The molecule has 0 spiro atoms. The van der Waals surface area contributed by atoms with Crippen molar-refractivity contribution in [2.75, 3.05) is 16.8 Å². The van der Waals surface area contributed by atoms with E-state index in [0.29, 0.717) is 12.0 Å². The predicted octanol–water partition coefficient (Wildman–Crippen LogP) is 7.23. The molecule has 2 aromatic carbocycles. The van der Waals surface area contributed by atoms with Gasteiger partial charge in [-0.25, -0.2) is 0 Å². The molecule has 1 N–H and O–H groups in total. The molecule has 0 saturated carbocycles. The van der Waals surface area contributed by atoms with Gasteiger partial charge in [0.1, 0.15) is 0 Å². The van der Waals surface area contributed by atoms with Crippen molar-refractivity contribution in [1.82, 2.24) is 0 Å². The Morgan fingerprint density at radius 1 is 1.04 bits per heavy atom.